The lowest BCUT2D eigenvalue weighted by atomic mass is 10.2. The van der Waals surface area contributed by atoms with Gasteiger partial charge in [-0.1, -0.05) is 0 Å². The van der Waals surface area contributed by atoms with Gasteiger partial charge in [-0.05, 0) is 24.3 Å². The highest BCUT2D eigenvalue weighted by Gasteiger charge is 2.11. The summed E-state index contributed by atoms with van der Waals surface area (Å²) in [6.45, 7) is 0. The summed E-state index contributed by atoms with van der Waals surface area (Å²) in [7, 11) is 5.85. The van der Waals surface area contributed by atoms with Crippen molar-refractivity contribution < 1.29 is 38.7 Å². The highest BCUT2D eigenvalue weighted by molar-refractivity contribution is 5.91. The van der Waals surface area contributed by atoms with Crippen molar-refractivity contribution in [2.24, 2.45) is 0 Å². The molecule has 140 valence electrons. The van der Waals surface area contributed by atoms with Crippen LogP contribution in [0.1, 0.15) is 20.7 Å². The fourth-order valence-electron chi connectivity index (χ4n) is 1.95. The fourth-order valence-corrected chi connectivity index (χ4v) is 1.95. The van der Waals surface area contributed by atoms with Crippen LogP contribution in [-0.4, -0.2) is 50.6 Å². The number of benzene rings is 2. The first-order valence-corrected chi connectivity index (χ1v) is 7.28. The van der Waals surface area contributed by atoms with Gasteiger partial charge in [-0.25, -0.2) is 9.59 Å². The van der Waals surface area contributed by atoms with E-state index in [1.165, 1.54) is 52.7 Å². The Morgan fingerprint density at radius 3 is 1.23 bits per heavy atom. The molecule has 0 fully saturated rings. The Hall–Kier alpha value is -3.42. The van der Waals surface area contributed by atoms with Crippen LogP contribution in [0.4, 0.5) is 0 Å². The van der Waals surface area contributed by atoms with Gasteiger partial charge in [-0.2, -0.15) is 0 Å². The van der Waals surface area contributed by atoms with Gasteiger partial charge in [0.1, 0.15) is 34.1 Å². The Labute approximate surface area is 150 Å². The number of methoxy groups -OCH3 is 4. The summed E-state index contributed by atoms with van der Waals surface area (Å²) < 4.78 is 19.6. The number of ether oxygens (including phenoxy) is 4. The largest absolute Gasteiger partial charge is 0.497 e. The van der Waals surface area contributed by atoms with Crippen LogP contribution in [0.5, 0.6) is 23.0 Å². The fraction of sp³-hybridized carbons (Fsp3) is 0.222. The highest BCUT2D eigenvalue weighted by Crippen LogP contribution is 2.25. The van der Waals surface area contributed by atoms with Gasteiger partial charge in [0.05, 0.1) is 28.4 Å². The van der Waals surface area contributed by atoms with Crippen LogP contribution >= 0.6 is 0 Å². The number of aromatic carboxylic acids is 2. The highest BCUT2D eigenvalue weighted by atomic mass is 16.5. The van der Waals surface area contributed by atoms with Crippen LogP contribution in [-0.2, 0) is 0 Å². The average Bonchev–Trinajstić information content (AvgIpc) is 2.66. The van der Waals surface area contributed by atoms with Crippen molar-refractivity contribution in [3.63, 3.8) is 0 Å². The molecular formula is C18H20O8. The molecule has 0 saturated carbocycles. The number of hydrogen-bond donors (Lipinski definition) is 2. The molecule has 0 aliphatic heterocycles. The van der Waals surface area contributed by atoms with Gasteiger partial charge in [0.2, 0.25) is 0 Å². The molecule has 0 spiro atoms. The van der Waals surface area contributed by atoms with E-state index in [-0.39, 0.29) is 11.1 Å². The van der Waals surface area contributed by atoms with Crippen molar-refractivity contribution in [2.45, 2.75) is 0 Å². The Morgan fingerprint density at radius 2 is 1.00 bits per heavy atom. The first-order valence-electron chi connectivity index (χ1n) is 7.28. The summed E-state index contributed by atoms with van der Waals surface area (Å²) in [6.07, 6.45) is 0. The van der Waals surface area contributed by atoms with Gasteiger partial charge in [0.15, 0.2) is 0 Å². The van der Waals surface area contributed by atoms with Crippen molar-refractivity contribution >= 4 is 11.9 Å². The van der Waals surface area contributed by atoms with Gasteiger partial charge in [-0.3, -0.25) is 0 Å². The van der Waals surface area contributed by atoms with Gasteiger partial charge in [-0.15, -0.1) is 0 Å². The molecule has 0 saturated heterocycles. The predicted molar refractivity (Wildman–Crippen MR) is 93.0 cm³/mol. The third kappa shape index (κ3) is 5.30. The lowest BCUT2D eigenvalue weighted by Gasteiger charge is -2.06. The maximum Gasteiger partial charge on any atom is 0.339 e. The van der Waals surface area contributed by atoms with Crippen molar-refractivity contribution in [3.05, 3.63) is 47.5 Å². The molecule has 0 heterocycles. The minimum Gasteiger partial charge on any atom is -0.497 e. The first-order chi connectivity index (χ1) is 12.4. The van der Waals surface area contributed by atoms with Crippen LogP contribution in [0.2, 0.25) is 0 Å². The molecule has 8 heteroatoms. The molecule has 0 aliphatic rings. The van der Waals surface area contributed by atoms with E-state index in [1.54, 1.807) is 12.1 Å². The molecule has 2 aromatic carbocycles. The van der Waals surface area contributed by atoms with Gasteiger partial charge >= 0.3 is 11.9 Å². The van der Waals surface area contributed by atoms with E-state index in [1.807, 2.05) is 0 Å². The molecule has 0 radical (unpaired) electrons. The van der Waals surface area contributed by atoms with Crippen LogP contribution in [0, 0.1) is 0 Å². The second-order valence-electron chi connectivity index (χ2n) is 4.74. The summed E-state index contributed by atoms with van der Waals surface area (Å²) in [6, 6.07) is 9.10. The van der Waals surface area contributed by atoms with Crippen LogP contribution < -0.4 is 18.9 Å². The zero-order valence-corrected chi connectivity index (χ0v) is 14.8. The van der Waals surface area contributed by atoms with Crippen LogP contribution in [0.25, 0.3) is 0 Å². The minimum absolute atomic E-state index is 0.128. The summed E-state index contributed by atoms with van der Waals surface area (Å²) in [5, 5.41) is 17.5. The molecule has 0 bridgehead atoms. The SMILES string of the molecule is COc1ccc(C(=O)O)c(OC)c1.COc1ccc(C(=O)O)c(OC)c1. The smallest absolute Gasteiger partial charge is 0.339 e. The number of carboxylic acid groups (broad SMARTS) is 2. The molecule has 26 heavy (non-hydrogen) atoms. The molecule has 0 amide bonds. The van der Waals surface area contributed by atoms with Crippen LogP contribution in [0.15, 0.2) is 36.4 Å². The molecule has 2 rings (SSSR count). The number of rotatable bonds is 6. The quantitative estimate of drug-likeness (QED) is 0.805. The molecule has 0 aliphatic carbocycles. The van der Waals surface area contributed by atoms with E-state index < -0.39 is 11.9 Å². The monoisotopic (exact) mass is 364 g/mol. The Balaban J connectivity index is 0.000000260. The van der Waals surface area contributed by atoms with E-state index in [9.17, 15) is 9.59 Å². The summed E-state index contributed by atoms with van der Waals surface area (Å²) in [5.41, 5.74) is 0.256. The van der Waals surface area contributed by atoms with Gasteiger partial charge in [0, 0.05) is 12.1 Å². The summed E-state index contributed by atoms with van der Waals surface area (Å²) in [4.78, 5) is 21.3. The van der Waals surface area contributed by atoms with Gasteiger partial charge in [0.25, 0.3) is 0 Å². The molecule has 2 aromatic rings. The molecule has 0 aromatic heterocycles. The van der Waals surface area contributed by atoms with E-state index >= 15 is 0 Å². The Morgan fingerprint density at radius 1 is 0.654 bits per heavy atom. The second kappa shape index (κ2) is 9.77. The van der Waals surface area contributed by atoms with E-state index in [0.29, 0.717) is 23.0 Å². The maximum atomic E-state index is 10.7. The van der Waals surface area contributed by atoms with E-state index in [2.05, 4.69) is 0 Å². The van der Waals surface area contributed by atoms with Crippen molar-refractivity contribution in [1.82, 2.24) is 0 Å². The van der Waals surface area contributed by atoms with Gasteiger partial charge < -0.3 is 29.2 Å². The first kappa shape index (κ1) is 20.6. The predicted octanol–water partition coefficient (Wildman–Crippen LogP) is 2.80. The molecular weight excluding hydrogens is 344 g/mol. The third-order valence-electron chi connectivity index (χ3n) is 3.28. The normalized spacial score (nSPS) is 9.38. The molecule has 0 atom stereocenters. The summed E-state index contributed by atoms with van der Waals surface area (Å²) in [5.74, 6) is -0.290. The van der Waals surface area contributed by atoms with Crippen LogP contribution in [0.3, 0.4) is 0 Å². The van der Waals surface area contributed by atoms with Crippen molar-refractivity contribution in [1.29, 1.82) is 0 Å². The van der Waals surface area contributed by atoms with Crippen molar-refractivity contribution in [2.75, 3.05) is 28.4 Å². The van der Waals surface area contributed by atoms with E-state index in [4.69, 9.17) is 29.2 Å². The lowest BCUT2D eigenvalue weighted by Crippen LogP contribution is -2.00. The minimum atomic E-state index is -1.01. The average molecular weight is 364 g/mol. The standard InChI is InChI=1S/2C9H10O4/c2*1-12-6-3-4-7(9(10)11)8(5-6)13-2/h2*3-5H,1-2H3,(H,10,11). The van der Waals surface area contributed by atoms with E-state index in [0.717, 1.165) is 0 Å². The zero-order chi connectivity index (χ0) is 19.7. The second-order valence-corrected chi connectivity index (χ2v) is 4.74. The zero-order valence-electron chi connectivity index (χ0n) is 14.8. The Bertz CT molecular complexity index is 704. The number of carbonyl (C=O) groups is 2. The number of hydrogen-bond acceptors (Lipinski definition) is 6. The topological polar surface area (TPSA) is 112 Å². The molecule has 8 nitrogen and oxygen atoms in total. The maximum absolute atomic E-state index is 10.7. The molecule has 0 unspecified atom stereocenters. The molecule has 2 N–H and O–H groups in total. The van der Waals surface area contributed by atoms with Crippen molar-refractivity contribution in [3.8, 4) is 23.0 Å². The summed E-state index contributed by atoms with van der Waals surface area (Å²) >= 11 is 0. The lowest BCUT2D eigenvalue weighted by molar-refractivity contribution is 0.0682. The number of carboxylic acids is 2. The Kier molecular flexibility index (Phi) is 7.75. The third-order valence-corrected chi connectivity index (χ3v) is 3.28.